The summed E-state index contributed by atoms with van der Waals surface area (Å²) in [5, 5.41) is 25.4. The summed E-state index contributed by atoms with van der Waals surface area (Å²) in [5.41, 5.74) is 5.26. The van der Waals surface area contributed by atoms with Crippen molar-refractivity contribution in [2.45, 2.75) is 6.92 Å². The Morgan fingerprint density at radius 1 is 1.20 bits per heavy atom. The first-order valence-electron chi connectivity index (χ1n) is 5.99. The zero-order chi connectivity index (χ0) is 13.9. The molecule has 0 saturated heterocycles. The molecule has 2 heterocycles. The summed E-state index contributed by atoms with van der Waals surface area (Å²) in [4.78, 5) is 0. The molecule has 3 aromatic rings. The Morgan fingerprint density at radius 2 is 2.00 bits per heavy atom. The molecule has 20 heavy (non-hydrogen) atoms. The van der Waals surface area contributed by atoms with Crippen LogP contribution in [0.15, 0.2) is 47.8 Å². The summed E-state index contributed by atoms with van der Waals surface area (Å²) in [6.07, 6.45) is 1.52. The smallest absolute Gasteiger partial charge is 0.177 e. The third-order valence-corrected chi connectivity index (χ3v) is 2.78. The fourth-order valence-electron chi connectivity index (χ4n) is 1.70. The standard InChI is InChI=1S/C13H12N6O/c1-9(10-2-4-11(20)5-3-10)15-16-12-6-7-13-17-14-8-19(13)18-12/h2-8,20H,1H3,(H,16,18). The highest BCUT2D eigenvalue weighted by Crippen LogP contribution is 2.11. The molecule has 1 aromatic carbocycles. The van der Waals surface area contributed by atoms with Crippen LogP contribution in [-0.2, 0) is 0 Å². The monoisotopic (exact) mass is 268 g/mol. The molecule has 2 N–H and O–H groups in total. The molecular weight excluding hydrogens is 256 g/mol. The van der Waals surface area contributed by atoms with Gasteiger partial charge < -0.3 is 5.11 Å². The molecule has 0 spiro atoms. The largest absolute Gasteiger partial charge is 0.508 e. The molecule has 0 unspecified atom stereocenters. The highest BCUT2D eigenvalue weighted by atomic mass is 16.3. The lowest BCUT2D eigenvalue weighted by molar-refractivity contribution is 0.475. The van der Waals surface area contributed by atoms with Gasteiger partial charge in [-0.2, -0.15) is 9.62 Å². The van der Waals surface area contributed by atoms with Crippen molar-refractivity contribution in [1.29, 1.82) is 0 Å². The second-order valence-corrected chi connectivity index (χ2v) is 4.21. The first-order valence-corrected chi connectivity index (χ1v) is 5.99. The van der Waals surface area contributed by atoms with E-state index in [9.17, 15) is 5.11 Å². The molecule has 0 aliphatic heterocycles. The molecule has 2 aromatic heterocycles. The average Bonchev–Trinajstić information content (AvgIpc) is 2.93. The third-order valence-electron chi connectivity index (χ3n) is 2.78. The summed E-state index contributed by atoms with van der Waals surface area (Å²) in [6, 6.07) is 10.4. The van der Waals surface area contributed by atoms with Crippen molar-refractivity contribution >= 4 is 17.2 Å². The van der Waals surface area contributed by atoms with Crippen LogP contribution in [0.4, 0.5) is 5.82 Å². The second kappa shape index (κ2) is 4.96. The number of hydrazone groups is 1. The number of nitrogens with one attached hydrogen (secondary N) is 1. The van der Waals surface area contributed by atoms with E-state index in [1.807, 2.05) is 6.92 Å². The van der Waals surface area contributed by atoms with Crippen LogP contribution in [0.25, 0.3) is 5.65 Å². The summed E-state index contributed by atoms with van der Waals surface area (Å²) in [7, 11) is 0. The molecule has 100 valence electrons. The maximum Gasteiger partial charge on any atom is 0.177 e. The van der Waals surface area contributed by atoms with Crippen molar-refractivity contribution in [2.75, 3.05) is 5.43 Å². The minimum Gasteiger partial charge on any atom is -0.508 e. The summed E-state index contributed by atoms with van der Waals surface area (Å²) in [6.45, 7) is 1.87. The molecule has 0 aliphatic carbocycles. The minimum atomic E-state index is 0.231. The molecule has 0 fully saturated rings. The van der Waals surface area contributed by atoms with Crippen LogP contribution in [0, 0.1) is 0 Å². The Kier molecular flexibility index (Phi) is 3.00. The number of phenols is 1. The quantitative estimate of drug-likeness (QED) is 0.557. The van der Waals surface area contributed by atoms with E-state index in [0.29, 0.717) is 11.5 Å². The van der Waals surface area contributed by atoms with E-state index in [0.717, 1.165) is 11.3 Å². The molecule has 0 saturated carbocycles. The van der Waals surface area contributed by atoms with Crippen LogP contribution in [0.3, 0.4) is 0 Å². The number of nitrogens with zero attached hydrogens (tertiary/aromatic N) is 5. The van der Waals surface area contributed by atoms with Crippen LogP contribution in [0.2, 0.25) is 0 Å². The Labute approximate surface area is 114 Å². The molecule has 0 amide bonds. The molecule has 0 bridgehead atoms. The van der Waals surface area contributed by atoms with Gasteiger partial charge in [-0.05, 0) is 48.9 Å². The van der Waals surface area contributed by atoms with Crippen molar-refractivity contribution in [2.24, 2.45) is 5.10 Å². The number of hydrogen-bond acceptors (Lipinski definition) is 6. The number of phenolic OH excluding ortho intramolecular Hbond substituents is 1. The molecule has 0 aliphatic rings. The van der Waals surface area contributed by atoms with Crippen molar-refractivity contribution in [3.8, 4) is 5.75 Å². The zero-order valence-corrected chi connectivity index (χ0v) is 10.7. The van der Waals surface area contributed by atoms with Crippen molar-refractivity contribution in [3.05, 3.63) is 48.3 Å². The summed E-state index contributed by atoms with van der Waals surface area (Å²) in [5.74, 6) is 0.824. The predicted octanol–water partition coefficient (Wildman–Crippen LogP) is 1.67. The lowest BCUT2D eigenvalue weighted by Gasteiger charge is -2.03. The number of rotatable bonds is 3. The second-order valence-electron chi connectivity index (χ2n) is 4.21. The van der Waals surface area contributed by atoms with Gasteiger partial charge in [-0.1, -0.05) is 0 Å². The maximum atomic E-state index is 9.25. The van der Waals surface area contributed by atoms with Gasteiger partial charge in [0.05, 0.1) is 5.71 Å². The molecular formula is C13H12N6O. The molecule has 0 atom stereocenters. The average molecular weight is 268 g/mol. The summed E-state index contributed by atoms with van der Waals surface area (Å²) >= 11 is 0. The van der Waals surface area contributed by atoms with E-state index >= 15 is 0 Å². The zero-order valence-electron chi connectivity index (χ0n) is 10.7. The van der Waals surface area contributed by atoms with E-state index in [4.69, 9.17) is 0 Å². The maximum absolute atomic E-state index is 9.25. The Morgan fingerprint density at radius 3 is 2.80 bits per heavy atom. The number of aromatic nitrogens is 4. The number of benzene rings is 1. The van der Waals surface area contributed by atoms with Gasteiger partial charge in [-0.15, -0.1) is 15.3 Å². The highest BCUT2D eigenvalue weighted by Gasteiger charge is 2.00. The van der Waals surface area contributed by atoms with Gasteiger partial charge in [0.2, 0.25) is 0 Å². The van der Waals surface area contributed by atoms with Crippen LogP contribution in [0.5, 0.6) is 5.75 Å². The van der Waals surface area contributed by atoms with Gasteiger partial charge in [0.15, 0.2) is 11.5 Å². The fourth-order valence-corrected chi connectivity index (χ4v) is 1.70. The van der Waals surface area contributed by atoms with Gasteiger partial charge in [-0.25, -0.2) is 0 Å². The molecule has 7 heteroatoms. The first-order chi connectivity index (χ1) is 9.72. The van der Waals surface area contributed by atoms with Gasteiger partial charge >= 0.3 is 0 Å². The van der Waals surface area contributed by atoms with E-state index in [2.05, 4.69) is 25.8 Å². The third kappa shape index (κ3) is 2.41. The molecule has 0 radical (unpaired) electrons. The van der Waals surface area contributed by atoms with Gasteiger partial charge in [-0.3, -0.25) is 5.43 Å². The summed E-state index contributed by atoms with van der Waals surface area (Å²) < 4.78 is 1.56. The van der Waals surface area contributed by atoms with Crippen LogP contribution in [-0.4, -0.2) is 30.6 Å². The van der Waals surface area contributed by atoms with Crippen molar-refractivity contribution in [3.63, 3.8) is 0 Å². The Bertz CT molecular complexity index is 762. The van der Waals surface area contributed by atoms with Crippen LogP contribution < -0.4 is 5.43 Å². The van der Waals surface area contributed by atoms with E-state index in [1.54, 1.807) is 40.9 Å². The van der Waals surface area contributed by atoms with Gasteiger partial charge in [0.25, 0.3) is 0 Å². The lowest BCUT2D eigenvalue weighted by Crippen LogP contribution is -2.02. The van der Waals surface area contributed by atoms with Crippen molar-refractivity contribution < 1.29 is 5.11 Å². The number of fused-ring (bicyclic) bond motifs is 1. The van der Waals surface area contributed by atoms with E-state index < -0.39 is 0 Å². The highest BCUT2D eigenvalue weighted by molar-refractivity contribution is 5.99. The topological polar surface area (TPSA) is 87.7 Å². The number of anilines is 1. The van der Waals surface area contributed by atoms with E-state index in [1.165, 1.54) is 6.33 Å². The normalized spacial score (nSPS) is 11.8. The Hall–Kier alpha value is -2.96. The van der Waals surface area contributed by atoms with Gasteiger partial charge in [0, 0.05) is 0 Å². The molecule has 7 nitrogen and oxygen atoms in total. The lowest BCUT2D eigenvalue weighted by atomic mass is 10.1. The van der Waals surface area contributed by atoms with Crippen molar-refractivity contribution in [1.82, 2.24) is 19.8 Å². The molecule has 3 rings (SSSR count). The van der Waals surface area contributed by atoms with Crippen LogP contribution >= 0.6 is 0 Å². The minimum absolute atomic E-state index is 0.231. The first kappa shape index (κ1) is 12.1. The van der Waals surface area contributed by atoms with Gasteiger partial charge in [0.1, 0.15) is 12.1 Å². The SMILES string of the molecule is CC(=NNc1ccc2nncn2n1)c1ccc(O)cc1. The number of hydrogen-bond donors (Lipinski definition) is 2. The van der Waals surface area contributed by atoms with E-state index in [-0.39, 0.29) is 5.75 Å². The van der Waals surface area contributed by atoms with Crippen LogP contribution in [0.1, 0.15) is 12.5 Å². The number of aromatic hydroxyl groups is 1. The predicted molar refractivity (Wildman–Crippen MR) is 74.7 cm³/mol. The fraction of sp³-hybridized carbons (Fsp3) is 0.0769. The Balaban J connectivity index is 1.80.